The number of alkyl halides is 3. The van der Waals surface area contributed by atoms with E-state index in [1.54, 1.807) is 24.3 Å². The predicted octanol–water partition coefficient (Wildman–Crippen LogP) is 3.41. The first-order valence-electron chi connectivity index (χ1n) is 8.59. The van der Waals surface area contributed by atoms with Gasteiger partial charge in [0.15, 0.2) is 18.6 Å². The summed E-state index contributed by atoms with van der Waals surface area (Å²) in [6, 6.07) is 11.2. The normalized spacial score (nSPS) is 24.9. The van der Waals surface area contributed by atoms with E-state index in [4.69, 9.17) is 14.2 Å². The van der Waals surface area contributed by atoms with Crippen LogP contribution in [0.15, 0.2) is 60.7 Å². The molecule has 2 aliphatic rings. The Balaban J connectivity index is 1.73. The first kappa shape index (κ1) is 19.0. The van der Waals surface area contributed by atoms with Gasteiger partial charge in [-0.15, -0.1) is 0 Å². The van der Waals surface area contributed by atoms with Crippen LogP contribution in [0.3, 0.4) is 0 Å². The molecule has 0 saturated carbocycles. The zero-order valence-corrected chi connectivity index (χ0v) is 14.7. The summed E-state index contributed by atoms with van der Waals surface area (Å²) in [4.78, 5) is 23.8. The van der Waals surface area contributed by atoms with Crippen molar-refractivity contribution in [1.29, 1.82) is 0 Å². The number of carbonyl (C=O) groups excluding carboxylic acids is 2. The molecule has 1 N–H and O–H groups in total. The number of rotatable bonds is 2. The van der Waals surface area contributed by atoms with E-state index in [1.807, 2.05) is 0 Å². The number of esters is 2. The van der Waals surface area contributed by atoms with E-state index in [0.717, 1.165) is 24.3 Å². The van der Waals surface area contributed by atoms with Gasteiger partial charge in [0.1, 0.15) is 5.75 Å². The van der Waals surface area contributed by atoms with E-state index in [-0.39, 0.29) is 5.75 Å². The van der Waals surface area contributed by atoms with E-state index in [0.29, 0.717) is 11.1 Å². The summed E-state index contributed by atoms with van der Waals surface area (Å²) in [5.41, 5.74) is 0.190. The van der Waals surface area contributed by atoms with Gasteiger partial charge in [0, 0.05) is 23.3 Å². The Labute approximate surface area is 162 Å². The number of benzene rings is 2. The second kappa shape index (κ2) is 7.25. The zero-order chi connectivity index (χ0) is 20.6. The molecule has 0 fully saturated rings. The topological polar surface area (TPSA) is 73.9 Å². The van der Waals surface area contributed by atoms with Crippen LogP contribution in [0.1, 0.15) is 29.0 Å². The first-order chi connectivity index (χ1) is 13.8. The van der Waals surface area contributed by atoms with Crippen molar-refractivity contribution in [2.24, 2.45) is 0 Å². The molecule has 0 amide bonds. The molecule has 0 aliphatic carbocycles. The molecular formula is C20H14F3NO5. The minimum atomic E-state index is -4.53. The van der Waals surface area contributed by atoms with Gasteiger partial charge in [-0.3, -0.25) is 0 Å². The minimum Gasteiger partial charge on any atom is -0.480 e. The molecule has 9 heteroatoms. The smallest absolute Gasteiger partial charge is 0.416 e. The molecule has 29 heavy (non-hydrogen) atoms. The van der Waals surface area contributed by atoms with Crippen molar-refractivity contribution < 1.29 is 37.0 Å². The zero-order valence-electron chi connectivity index (χ0n) is 14.7. The second-order valence-electron chi connectivity index (χ2n) is 6.37. The van der Waals surface area contributed by atoms with Crippen LogP contribution in [0.25, 0.3) is 0 Å². The van der Waals surface area contributed by atoms with Crippen LogP contribution < -0.4 is 10.1 Å². The van der Waals surface area contributed by atoms with Gasteiger partial charge in [0.05, 0.1) is 5.56 Å². The van der Waals surface area contributed by atoms with Crippen molar-refractivity contribution in [1.82, 2.24) is 5.32 Å². The molecule has 3 unspecified atom stereocenters. The minimum absolute atomic E-state index is 0.0525. The summed E-state index contributed by atoms with van der Waals surface area (Å²) in [6.07, 6.45) is -5.67. The molecule has 4 rings (SSSR count). The van der Waals surface area contributed by atoms with Crippen molar-refractivity contribution in [3.63, 3.8) is 0 Å². The fourth-order valence-electron chi connectivity index (χ4n) is 3.17. The third kappa shape index (κ3) is 3.95. The van der Waals surface area contributed by atoms with Gasteiger partial charge in [-0.2, -0.15) is 13.2 Å². The number of nitrogens with one attached hydrogen (secondary N) is 1. The maximum atomic E-state index is 13.0. The Morgan fingerprint density at radius 3 is 2.31 bits per heavy atom. The highest BCUT2D eigenvalue weighted by atomic mass is 19.4. The van der Waals surface area contributed by atoms with Gasteiger partial charge >= 0.3 is 18.1 Å². The molecule has 3 atom stereocenters. The third-order valence-corrected chi connectivity index (χ3v) is 4.43. The van der Waals surface area contributed by atoms with Crippen LogP contribution in [0.4, 0.5) is 13.2 Å². The Morgan fingerprint density at radius 1 is 0.897 bits per heavy atom. The molecule has 150 valence electrons. The molecule has 0 aromatic heterocycles. The average molecular weight is 405 g/mol. The van der Waals surface area contributed by atoms with E-state index < -0.39 is 42.2 Å². The van der Waals surface area contributed by atoms with Crippen molar-refractivity contribution >= 4 is 11.9 Å². The number of halogens is 3. The predicted molar refractivity (Wildman–Crippen MR) is 92.2 cm³/mol. The van der Waals surface area contributed by atoms with Crippen LogP contribution in [0, 0.1) is 0 Å². The fraction of sp³-hybridized carbons (Fsp3) is 0.200. The molecule has 0 spiro atoms. The highest BCUT2D eigenvalue weighted by Gasteiger charge is 2.40. The van der Waals surface area contributed by atoms with Crippen molar-refractivity contribution in [2.45, 2.75) is 24.7 Å². The standard InChI is InChI=1S/C20H14F3NO5/c21-20(22,23)11-4-3-5-12(10-11)27-17-13-6-1-2-7-14(13)18-24-19(17)29-16(26)9-8-15(25)28-18/h1-10,17-19,24H/b9-8-. The molecular weight excluding hydrogens is 391 g/mol. The number of hydrogen-bond acceptors (Lipinski definition) is 6. The van der Waals surface area contributed by atoms with Crippen LogP contribution in [-0.2, 0) is 25.2 Å². The van der Waals surface area contributed by atoms with E-state index in [9.17, 15) is 22.8 Å². The monoisotopic (exact) mass is 405 g/mol. The SMILES string of the molecule is O=C1/C=C\C(=O)OC2NC(O1)c1ccccc1C2Oc1cccc(C(F)(F)F)c1. The number of carbonyl (C=O) groups is 2. The molecule has 2 bridgehead atoms. The van der Waals surface area contributed by atoms with Gasteiger partial charge in [0.2, 0.25) is 0 Å². The largest absolute Gasteiger partial charge is 0.480 e. The fourth-order valence-corrected chi connectivity index (χ4v) is 3.17. The van der Waals surface area contributed by atoms with Crippen LogP contribution >= 0.6 is 0 Å². The summed E-state index contributed by atoms with van der Waals surface area (Å²) >= 11 is 0. The molecule has 2 aliphatic heterocycles. The van der Waals surface area contributed by atoms with Crippen LogP contribution in [0.2, 0.25) is 0 Å². The van der Waals surface area contributed by atoms with Crippen LogP contribution in [0.5, 0.6) is 5.75 Å². The lowest BCUT2D eigenvalue weighted by molar-refractivity contribution is -0.160. The van der Waals surface area contributed by atoms with Gasteiger partial charge in [0.25, 0.3) is 0 Å². The first-order valence-corrected chi connectivity index (χ1v) is 8.59. The van der Waals surface area contributed by atoms with Gasteiger partial charge in [-0.05, 0) is 18.2 Å². The number of fused-ring (bicyclic) bond motifs is 4. The maximum Gasteiger partial charge on any atom is 0.416 e. The highest BCUT2D eigenvalue weighted by molar-refractivity contribution is 5.92. The van der Waals surface area contributed by atoms with Gasteiger partial charge in [-0.25, -0.2) is 14.9 Å². The Hall–Kier alpha value is -3.33. The third-order valence-electron chi connectivity index (χ3n) is 4.43. The maximum absolute atomic E-state index is 13.0. The molecule has 0 radical (unpaired) electrons. The van der Waals surface area contributed by atoms with Crippen molar-refractivity contribution in [3.8, 4) is 5.75 Å². The quantitative estimate of drug-likeness (QED) is 0.772. The molecule has 0 saturated heterocycles. The second-order valence-corrected chi connectivity index (χ2v) is 6.37. The molecule has 2 aromatic carbocycles. The average Bonchev–Trinajstić information content (AvgIpc) is 2.74. The van der Waals surface area contributed by atoms with E-state index in [2.05, 4.69) is 5.32 Å². The van der Waals surface area contributed by atoms with Crippen molar-refractivity contribution in [2.75, 3.05) is 0 Å². The van der Waals surface area contributed by atoms with Gasteiger partial charge in [-0.1, -0.05) is 30.3 Å². The molecule has 2 heterocycles. The summed E-state index contributed by atoms with van der Waals surface area (Å²) in [5, 5.41) is 2.85. The Kier molecular flexibility index (Phi) is 4.75. The lowest BCUT2D eigenvalue weighted by Gasteiger charge is -2.37. The van der Waals surface area contributed by atoms with E-state index in [1.165, 1.54) is 12.1 Å². The Morgan fingerprint density at radius 2 is 1.59 bits per heavy atom. The summed E-state index contributed by atoms with van der Waals surface area (Å²) in [7, 11) is 0. The summed E-state index contributed by atoms with van der Waals surface area (Å²) < 4.78 is 55.5. The number of ether oxygens (including phenoxy) is 3. The van der Waals surface area contributed by atoms with E-state index >= 15 is 0 Å². The lowest BCUT2D eigenvalue weighted by Crippen LogP contribution is -2.47. The summed E-state index contributed by atoms with van der Waals surface area (Å²) in [6.45, 7) is 0. The number of hydrogen-bond donors (Lipinski definition) is 1. The Bertz CT molecular complexity index is 988. The summed E-state index contributed by atoms with van der Waals surface area (Å²) in [5.74, 6) is -1.62. The van der Waals surface area contributed by atoms with Crippen molar-refractivity contribution in [3.05, 3.63) is 77.4 Å². The molecule has 6 nitrogen and oxygen atoms in total. The lowest BCUT2D eigenvalue weighted by atomic mass is 9.95. The van der Waals surface area contributed by atoms with Gasteiger partial charge < -0.3 is 14.2 Å². The van der Waals surface area contributed by atoms with Crippen LogP contribution in [-0.4, -0.2) is 18.2 Å². The highest BCUT2D eigenvalue weighted by Crippen LogP contribution is 2.38. The molecule has 2 aromatic rings.